The highest BCUT2D eigenvalue weighted by molar-refractivity contribution is 7.18. The molecule has 3 aromatic rings. The summed E-state index contributed by atoms with van der Waals surface area (Å²) in [5, 5.41) is 1.03. The molecular weight excluding hydrogens is 457 g/mol. The highest BCUT2D eigenvalue weighted by Crippen LogP contribution is 2.28. The summed E-state index contributed by atoms with van der Waals surface area (Å²) < 4.78 is 2.50. The van der Waals surface area contributed by atoms with Crippen molar-refractivity contribution in [1.29, 1.82) is 0 Å². The van der Waals surface area contributed by atoms with E-state index in [1.807, 2.05) is 13.8 Å². The van der Waals surface area contributed by atoms with Crippen molar-refractivity contribution in [3.05, 3.63) is 59.5 Å². The number of hydrogen-bond donors (Lipinski definition) is 0. The van der Waals surface area contributed by atoms with Crippen molar-refractivity contribution in [3.8, 4) is 5.69 Å². The van der Waals surface area contributed by atoms with Gasteiger partial charge in [0.2, 0.25) is 5.91 Å². The van der Waals surface area contributed by atoms with Gasteiger partial charge >= 0.3 is 5.69 Å². The predicted octanol–water partition coefficient (Wildman–Crippen LogP) is 4.40. The highest BCUT2D eigenvalue weighted by Gasteiger charge is 2.25. The number of amides is 1. The maximum Gasteiger partial charge on any atom is 0.337 e. The lowest BCUT2D eigenvalue weighted by Crippen LogP contribution is -2.44. The monoisotopic (exact) mass is 479 g/mol. The van der Waals surface area contributed by atoms with Gasteiger partial charge in [-0.1, -0.05) is 30.1 Å². The largest absolute Gasteiger partial charge is 0.341 e. The topological polar surface area (TPSA) is 64.3 Å². The van der Waals surface area contributed by atoms with Crippen molar-refractivity contribution in [2.24, 2.45) is 5.92 Å². The Morgan fingerprint density at radius 2 is 1.81 bits per heavy atom. The third-order valence-electron chi connectivity index (χ3n) is 6.04. The molecule has 3 heterocycles. The summed E-state index contributed by atoms with van der Waals surface area (Å²) in [7, 11) is 0. The number of fused-ring (bicyclic) bond motifs is 1. The number of likely N-dealkylation sites (tertiary alicyclic amines) is 1. The molecule has 31 heavy (non-hydrogen) atoms. The lowest BCUT2D eigenvalue weighted by atomic mass is 9.99. The van der Waals surface area contributed by atoms with E-state index < -0.39 is 11.2 Å². The first-order chi connectivity index (χ1) is 14.7. The third-order valence-corrected chi connectivity index (χ3v) is 8.01. The molecule has 0 atom stereocenters. The van der Waals surface area contributed by atoms with Crippen molar-refractivity contribution < 1.29 is 4.79 Å². The zero-order valence-electron chi connectivity index (χ0n) is 17.6. The quantitative estimate of drug-likeness (QED) is 0.559. The van der Waals surface area contributed by atoms with Gasteiger partial charge in [0.1, 0.15) is 11.4 Å². The van der Waals surface area contributed by atoms with Gasteiger partial charge in [-0.05, 0) is 56.4 Å². The number of piperidine rings is 1. The molecule has 1 aliphatic rings. The molecule has 0 unspecified atom stereocenters. The Labute approximate surface area is 193 Å². The number of hydrogen-bond acceptors (Lipinski definition) is 4. The Morgan fingerprint density at radius 1 is 1.13 bits per heavy atom. The molecule has 0 N–H and O–H groups in total. The zero-order valence-corrected chi connectivity index (χ0v) is 19.9. The van der Waals surface area contributed by atoms with E-state index in [0.29, 0.717) is 39.9 Å². The van der Waals surface area contributed by atoms with Gasteiger partial charge in [-0.15, -0.1) is 11.3 Å². The van der Waals surface area contributed by atoms with Crippen molar-refractivity contribution in [2.75, 3.05) is 13.1 Å². The summed E-state index contributed by atoms with van der Waals surface area (Å²) in [5.74, 6) is 0.482. The normalized spacial score (nSPS) is 15.1. The number of rotatable bonds is 3. The van der Waals surface area contributed by atoms with Crippen LogP contribution in [-0.2, 0) is 11.3 Å². The Hall–Kier alpha value is -2.09. The fourth-order valence-electron chi connectivity index (χ4n) is 3.94. The van der Waals surface area contributed by atoms with Gasteiger partial charge in [0.25, 0.3) is 5.56 Å². The number of benzene rings is 1. The van der Waals surface area contributed by atoms with Crippen LogP contribution in [0.1, 0.15) is 30.2 Å². The molecule has 1 aromatic carbocycles. The molecule has 1 aliphatic heterocycles. The molecule has 4 rings (SSSR count). The van der Waals surface area contributed by atoms with E-state index in [1.165, 1.54) is 22.0 Å². The standard InChI is InChI=1S/C22H23Cl2N3O3S/c1-12-6-8-25(9-7-12)18(28)11-26-21-19(13(2)14(3)31-21)20(29)27(22(26)30)15-4-5-16(23)17(24)10-15/h4-5,10,12H,6-9,11H2,1-3H3. The lowest BCUT2D eigenvalue weighted by Gasteiger charge is -2.30. The van der Waals surface area contributed by atoms with Gasteiger partial charge in [-0.25, -0.2) is 9.36 Å². The molecule has 0 bridgehead atoms. The average molecular weight is 480 g/mol. The fourth-order valence-corrected chi connectivity index (χ4v) is 5.37. The first-order valence-corrected chi connectivity index (χ1v) is 11.7. The minimum Gasteiger partial charge on any atom is -0.341 e. The molecule has 0 aliphatic carbocycles. The summed E-state index contributed by atoms with van der Waals surface area (Å²) in [6.45, 7) is 7.22. The molecule has 0 spiro atoms. The van der Waals surface area contributed by atoms with Crippen LogP contribution in [0.2, 0.25) is 10.0 Å². The van der Waals surface area contributed by atoms with E-state index >= 15 is 0 Å². The SMILES string of the molecule is Cc1sc2c(c1C)c(=O)n(-c1ccc(Cl)c(Cl)c1)c(=O)n2CC(=O)N1CCC(C)CC1. The molecule has 164 valence electrons. The second-order valence-corrected chi connectivity index (χ2v) is 10.2. The number of nitrogens with zero attached hydrogens (tertiary/aromatic N) is 3. The van der Waals surface area contributed by atoms with Gasteiger partial charge in [0.05, 0.1) is 21.1 Å². The number of carbonyl (C=O) groups excluding carboxylic acids is 1. The average Bonchev–Trinajstić information content (AvgIpc) is 3.03. The van der Waals surface area contributed by atoms with Gasteiger partial charge in [-0.3, -0.25) is 14.2 Å². The maximum atomic E-state index is 13.5. The van der Waals surface area contributed by atoms with Crippen LogP contribution >= 0.6 is 34.5 Å². The maximum absolute atomic E-state index is 13.5. The van der Waals surface area contributed by atoms with Crippen molar-refractivity contribution in [1.82, 2.24) is 14.0 Å². The van der Waals surface area contributed by atoms with E-state index in [0.717, 1.165) is 27.8 Å². The predicted molar refractivity (Wildman–Crippen MR) is 126 cm³/mol. The highest BCUT2D eigenvalue weighted by atomic mass is 35.5. The van der Waals surface area contributed by atoms with E-state index in [-0.39, 0.29) is 17.5 Å². The molecule has 1 fully saturated rings. The Kier molecular flexibility index (Phi) is 6.03. The first kappa shape index (κ1) is 22.1. The molecule has 6 nitrogen and oxygen atoms in total. The second-order valence-electron chi connectivity index (χ2n) is 8.13. The molecule has 0 radical (unpaired) electrons. The van der Waals surface area contributed by atoms with Crippen LogP contribution in [-0.4, -0.2) is 33.0 Å². The van der Waals surface area contributed by atoms with Crippen molar-refractivity contribution in [2.45, 2.75) is 40.2 Å². The Balaban J connectivity index is 1.89. The zero-order chi connectivity index (χ0) is 22.4. The number of carbonyl (C=O) groups is 1. The van der Waals surface area contributed by atoms with Crippen LogP contribution in [0.5, 0.6) is 0 Å². The van der Waals surface area contributed by atoms with E-state index in [9.17, 15) is 14.4 Å². The fraction of sp³-hybridized carbons (Fsp3) is 0.409. The number of halogens is 2. The van der Waals surface area contributed by atoms with Crippen LogP contribution < -0.4 is 11.2 Å². The lowest BCUT2D eigenvalue weighted by molar-refractivity contribution is -0.133. The van der Waals surface area contributed by atoms with Gasteiger partial charge in [0.15, 0.2) is 0 Å². The summed E-state index contributed by atoms with van der Waals surface area (Å²) in [6.07, 6.45) is 1.91. The molecule has 9 heteroatoms. The Morgan fingerprint density at radius 3 is 2.45 bits per heavy atom. The second kappa shape index (κ2) is 8.45. The summed E-state index contributed by atoms with van der Waals surface area (Å²) in [5.41, 5.74) is 0.154. The third kappa shape index (κ3) is 3.95. The number of aromatic nitrogens is 2. The van der Waals surface area contributed by atoms with Crippen molar-refractivity contribution >= 4 is 50.7 Å². The first-order valence-electron chi connectivity index (χ1n) is 10.2. The van der Waals surface area contributed by atoms with Crippen molar-refractivity contribution in [3.63, 3.8) is 0 Å². The van der Waals surface area contributed by atoms with Gasteiger partial charge in [0, 0.05) is 18.0 Å². The van der Waals surface area contributed by atoms with Crippen LogP contribution in [0.4, 0.5) is 0 Å². The molecule has 2 aromatic heterocycles. The Bertz CT molecular complexity index is 1300. The summed E-state index contributed by atoms with van der Waals surface area (Å²) in [4.78, 5) is 43.1. The smallest absolute Gasteiger partial charge is 0.337 e. The van der Waals surface area contributed by atoms with Gasteiger partial charge in [-0.2, -0.15) is 0 Å². The number of aryl methyl sites for hydroxylation is 2. The van der Waals surface area contributed by atoms with E-state index in [1.54, 1.807) is 17.0 Å². The van der Waals surface area contributed by atoms with Crippen LogP contribution in [0.25, 0.3) is 15.9 Å². The minimum atomic E-state index is -0.559. The summed E-state index contributed by atoms with van der Waals surface area (Å²) >= 11 is 13.5. The summed E-state index contributed by atoms with van der Waals surface area (Å²) in [6, 6.07) is 4.62. The molecule has 0 saturated carbocycles. The van der Waals surface area contributed by atoms with Crippen LogP contribution in [0.15, 0.2) is 27.8 Å². The molecule has 1 saturated heterocycles. The van der Waals surface area contributed by atoms with Crippen LogP contribution in [0, 0.1) is 19.8 Å². The van der Waals surface area contributed by atoms with Gasteiger partial charge < -0.3 is 4.90 Å². The number of thiophene rings is 1. The van der Waals surface area contributed by atoms with Crippen LogP contribution in [0.3, 0.4) is 0 Å². The molecular formula is C22H23Cl2N3O3S. The molecule has 1 amide bonds. The van der Waals surface area contributed by atoms with E-state index in [4.69, 9.17) is 23.2 Å². The minimum absolute atomic E-state index is 0.106. The van der Waals surface area contributed by atoms with E-state index in [2.05, 4.69) is 6.92 Å².